The second-order valence-corrected chi connectivity index (χ2v) is 11.9. The van der Waals surface area contributed by atoms with E-state index < -0.39 is 5.97 Å². The molecule has 3 aromatic carbocycles. The summed E-state index contributed by atoms with van der Waals surface area (Å²) in [7, 11) is 1.71. The molecular formula is C33H38O4. The lowest BCUT2D eigenvalue weighted by Crippen LogP contribution is -2.49. The van der Waals surface area contributed by atoms with Crippen molar-refractivity contribution in [1.82, 2.24) is 0 Å². The molecule has 0 aliphatic heterocycles. The summed E-state index contributed by atoms with van der Waals surface area (Å²) in [6, 6.07) is 18.7. The number of fused-ring (bicyclic) bond motifs is 1. The molecule has 7 rings (SSSR count). The van der Waals surface area contributed by atoms with Gasteiger partial charge in [0, 0.05) is 7.11 Å². The summed E-state index contributed by atoms with van der Waals surface area (Å²) in [5.74, 6) is 1.71. The predicted octanol–water partition coefficient (Wildman–Crippen LogP) is 8.13. The standard InChI is InChI=1S/C33H38O4/c1-4-31(37-20(2)36-3)29-15-27-10-9-26(24-5-7-25(8-6-24)32(34)35)14-28(27)16-30(29)33-17-21-11-22(18-33)13-23(12-21)19-33/h5-10,14-16,20-23,31H,4,11-13,17-19H2,1-3H3,(H,34,35). The van der Waals surface area contributed by atoms with E-state index in [0.29, 0.717) is 5.56 Å². The number of rotatable bonds is 8. The van der Waals surface area contributed by atoms with Gasteiger partial charge in [-0.05, 0) is 132 Å². The van der Waals surface area contributed by atoms with Crippen LogP contribution in [0.5, 0.6) is 0 Å². The van der Waals surface area contributed by atoms with E-state index in [-0.39, 0.29) is 17.8 Å². The molecule has 4 fully saturated rings. The van der Waals surface area contributed by atoms with Crippen molar-refractivity contribution in [3.63, 3.8) is 0 Å². The van der Waals surface area contributed by atoms with Gasteiger partial charge in [0.2, 0.25) is 0 Å². The van der Waals surface area contributed by atoms with Crippen LogP contribution in [0.15, 0.2) is 54.6 Å². The quantitative estimate of drug-likeness (QED) is 0.319. The van der Waals surface area contributed by atoms with Crippen LogP contribution in [0.4, 0.5) is 0 Å². The van der Waals surface area contributed by atoms with Crippen LogP contribution in [0.1, 0.15) is 86.4 Å². The Kier molecular flexibility index (Phi) is 6.37. The van der Waals surface area contributed by atoms with Gasteiger partial charge in [0.05, 0.1) is 11.7 Å². The Morgan fingerprint density at radius 2 is 1.54 bits per heavy atom. The fourth-order valence-corrected chi connectivity index (χ4v) is 8.14. The highest BCUT2D eigenvalue weighted by Crippen LogP contribution is 2.62. The van der Waals surface area contributed by atoms with E-state index in [0.717, 1.165) is 35.3 Å². The van der Waals surface area contributed by atoms with Crippen molar-refractivity contribution in [3.8, 4) is 11.1 Å². The number of methoxy groups -OCH3 is 1. The van der Waals surface area contributed by atoms with Crippen molar-refractivity contribution in [2.24, 2.45) is 17.8 Å². The van der Waals surface area contributed by atoms with Gasteiger partial charge < -0.3 is 14.6 Å². The zero-order chi connectivity index (χ0) is 25.7. The first kappa shape index (κ1) is 24.6. The predicted molar refractivity (Wildman–Crippen MR) is 147 cm³/mol. The molecule has 3 aromatic rings. The van der Waals surface area contributed by atoms with Crippen LogP contribution in [0.3, 0.4) is 0 Å². The summed E-state index contributed by atoms with van der Waals surface area (Å²) in [5, 5.41) is 11.8. The lowest BCUT2D eigenvalue weighted by molar-refractivity contribution is -0.147. The molecule has 2 atom stereocenters. The van der Waals surface area contributed by atoms with Gasteiger partial charge in [-0.2, -0.15) is 0 Å². The number of benzene rings is 3. The van der Waals surface area contributed by atoms with Crippen LogP contribution in [-0.2, 0) is 14.9 Å². The summed E-state index contributed by atoms with van der Waals surface area (Å²) in [6.45, 7) is 4.20. The van der Waals surface area contributed by atoms with E-state index in [1.54, 1.807) is 19.2 Å². The molecule has 0 aromatic heterocycles. The summed E-state index contributed by atoms with van der Waals surface area (Å²) in [4.78, 5) is 11.3. The molecule has 37 heavy (non-hydrogen) atoms. The summed E-state index contributed by atoms with van der Waals surface area (Å²) < 4.78 is 12.0. The summed E-state index contributed by atoms with van der Waals surface area (Å²) >= 11 is 0. The molecule has 4 nitrogen and oxygen atoms in total. The Morgan fingerprint density at radius 1 is 0.919 bits per heavy atom. The van der Waals surface area contributed by atoms with Gasteiger partial charge in [0.25, 0.3) is 0 Å². The lowest BCUT2D eigenvalue weighted by Gasteiger charge is -2.57. The highest BCUT2D eigenvalue weighted by Gasteiger charge is 2.52. The third-order valence-electron chi connectivity index (χ3n) is 9.49. The molecule has 0 saturated heterocycles. The van der Waals surface area contributed by atoms with Crippen LogP contribution in [0.2, 0.25) is 0 Å². The number of carbonyl (C=O) groups is 1. The lowest BCUT2D eigenvalue weighted by atomic mass is 9.47. The largest absolute Gasteiger partial charge is 0.478 e. The number of ether oxygens (including phenoxy) is 2. The van der Waals surface area contributed by atoms with Gasteiger partial charge in [-0.15, -0.1) is 0 Å². The average molecular weight is 499 g/mol. The van der Waals surface area contributed by atoms with Crippen molar-refractivity contribution in [3.05, 3.63) is 71.3 Å². The van der Waals surface area contributed by atoms with Crippen LogP contribution in [0, 0.1) is 17.8 Å². The van der Waals surface area contributed by atoms with Crippen LogP contribution in [-0.4, -0.2) is 24.5 Å². The van der Waals surface area contributed by atoms with E-state index in [2.05, 4.69) is 37.3 Å². The Labute approximate surface area is 220 Å². The maximum Gasteiger partial charge on any atom is 0.335 e. The first-order valence-electron chi connectivity index (χ1n) is 14.0. The highest BCUT2D eigenvalue weighted by atomic mass is 16.7. The zero-order valence-electron chi connectivity index (χ0n) is 22.2. The average Bonchev–Trinajstić information content (AvgIpc) is 2.90. The second kappa shape index (κ2) is 9.56. The van der Waals surface area contributed by atoms with Crippen molar-refractivity contribution in [2.75, 3.05) is 7.11 Å². The fourth-order valence-electron chi connectivity index (χ4n) is 8.14. The Hall–Kier alpha value is -2.69. The minimum absolute atomic E-state index is 0.00518. The monoisotopic (exact) mass is 498 g/mol. The van der Waals surface area contributed by atoms with Gasteiger partial charge >= 0.3 is 5.97 Å². The van der Waals surface area contributed by atoms with Crippen molar-refractivity contribution >= 4 is 16.7 Å². The third-order valence-corrected chi connectivity index (χ3v) is 9.49. The smallest absolute Gasteiger partial charge is 0.335 e. The van der Waals surface area contributed by atoms with E-state index in [9.17, 15) is 9.90 Å². The summed E-state index contributed by atoms with van der Waals surface area (Å²) in [5.41, 5.74) is 5.58. The molecule has 1 N–H and O–H groups in total. The third kappa shape index (κ3) is 4.49. The molecule has 4 aliphatic carbocycles. The number of carboxylic acid groups (broad SMARTS) is 1. The number of carboxylic acids is 1. The number of hydrogen-bond donors (Lipinski definition) is 1. The van der Waals surface area contributed by atoms with Crippen molar-refractivity contribution in [2.45, 2.75) is 76.6 Å². The minimum Gasteiger partial charge on any atom is -0.478 e. The molecule has 0 heterocycles. The zero-order valence-corrected chi connectivity index (χ0v) is 22.2. The normalized spacial score (nSPS) is 27.9. The van der Waals surface area contributed by atoms with Gasteiger partial charge in [0.15, 0.2) is 6.29 Å². The molecular weight excluding hydrogens is 460 g/mol. The van der Waals surface area contributed by atoms with Gasteiger partial charge in [-0.3, -0.25) is 0 Å². The molecule has 2 unspecified atom stereocenters. The number of aromatic carboxylic acids is 1. The van der Waals surface area contributed by atoms with Crippen molar-refractivity contribution in [1.29, 1.82) is 0 Å². The van der Waals surface area contributed by atoms with Crippen LogP contribution >= 0.6 is 0 Å². The molecule has 0 radical (unpaired) electrons. The molecule has 0 spiro atoms. The molecule has 4 bridgehead atoms. The van der Waals surface area contributed by atoms with Gasteiger partial charge in [0.1, 0.15) is 0 Å². The van der Waals surface area contributed by atoms with E-state index in [1.165, 1.54) is 60.4 Å². The highest BCUT2D eigenvalue weighted by molar-refractivity contribution is 5.91. The Morgan fingerprint density at radius 3 is 2.11 bits per heavy atom. The first-order valence-corrected chi connectivity index (χ1v) is 14.0. The van der Waals surface area contributed by atoms with E-state index in [1.807, 2.05) is 19.1 Å². The Bertz CT molecular complexity index is 1270. The molecule has 4 aliphatic rings. The Balaban J connectivity index is 1.47. The maximum absolute atomic E-state index is 11.3. The first-order chi connectivity index (χ1) is 17.9. The number of hydrogen-bond acceptors (Lipinski definition) is 3. The second-order valence-electron chi connectivity index (χ2n) is 11.9. The minimum atomic E-state index is -0.895. The molecule has 4 heteroatoms. The molecule has 4 saturated carbocycles. The van der Waals surface area contributed by atoms with Gasteiger partial charge in [-0.25, -0.2) is 4.79 Å². The van der Waals surface area contributed by atoms with Crippen LogP contribution in [0.25, 0.3) is 21.9 Å². The van der Waals surface area contributed by atoms with Gasteiger partial charge in [-0.1, -0.05) is 37.3 Å². The molecule has 194 valence electrons. The van der Waals surface area contributed by atoms with E-state index in [4.69, 9.17) is 9.47 Å². The van der Waals surface area contributed by atoms with Crippen molar-refractivity contribution < 1.29 is 19.4 Å². The van der Waals surface area contributed by atoms with Crippen LogP contribution < -0.4 is 0 Å². The maximum atomic E-state index is 11.3. The summed E-state index contributed by atoms with van der Waals surface area (Å²) in [6.07, 6.45) is 8.87. The topological polar surface area (TPSA) is 55.8 Å². The SMILES string of the molecule is CCC(OC(C)OC)c1cc2ccc(-c3ccc(C(=O)O)cc3)cc2cc1C12CC3CC(CC(C3)C1)C2. The van der Waals surface area contributed by atoms with E-state index >= 15 is 0 Å². The fraction of sp³-hybridized carbons (Fsp3) is 0.485. The molecule has 0 amide bonds.